The number of piperazine rings is 1. The van der Waals surface area contributed by atoms with E-state index in [0.29, 0.717) is 50.9 Å². The third-order valence-corrected chi connectivity index (χ3v) is 7.29. The smallest absolute Gasteiger partial charge is 0.309 e. The van der Waals surface area contributed by atoms with Gasteiger partial charge in [0.2, 0.25) is 5.91 Å². The number of nitrogens with one attached hydrogen (secondary N) is 1. The fourth-order valence-corrected chi connectivity index (χ4v) is 4.88. The first kappa shape index (κ1) is 29.2. The van der Waals surface area contributed by atoms with Crippen molar-refractivity contribution in [2.24, 2.45) is 11.3 Å². The number of hydrogen-bond acceptors (Lipinski definition) is 7. The Kier molecular flexibility index (Phi) is 8.88. The van der Waals surface area contributed by atoms with E-state index in [1.54, 1.807) is 24.9 Å². The Bertz CT molecular complexity index is 1330. The van der Waals surface area contributed by atoms with Crippen molar-refractivity contribution >= 4 is 34.3 Å². The molecule has 1 aliphatic rings. The molecule has 10 nitrogen and oxygen atoms in total. The lowest BCUT2D eigenvalue weighted by molar-refractivity contribution is -0.151. The summed E-state index contributed by atoms with van der Waals surface area (Å²) >= 11 is 0. The predicted molar refractivity (Wildman–Crippen MR) is 156 cm³/mol. The number of carboxylic acid groups (broad SMARTS) is 1. The lowest BCUT2D eigenvalue weighted by atomic mass is 9.89. The third-order valence-electron chi connectivity index (χ3n) is 7.29. The Labute approximate surface area is 235 Å². The van der Waals surface area contributed by atoms with Gasteiger partial charge in [0.05, 0.1) is 35.1 Å². The minimum absolute atomic E-state index is 0.0213. The minimum atomic E-state index is -1.08. The van der Waals surface area contributed by atoms with Crippen LogP contribution in [0.25, 0.3) is 10.9 Å². The molecule has 0 saturated carbocycles. The molecular formula is C30H41N5O5. The first-order valence-electron chi connectivity index (χ1n) is 13.9. The molecule has 0 bridgehead atoms. The molecule has 40 heavy (non-hydrogen) atoms. The number of aliphatic hydroxyl groups is 1. The lowest BCUT2D eigenvalue weighted by Gasteiger charge is -2.36. The van der Waals surface area contributed by atoms with E-state index in [-0.39, 0.29) is 12.3 Å². The fourth-order valence-electron chi connectivity index (χ4n) is 4.88. The molecule has 2 aromatic heterocycles. The van der Waals surface area contributed by atoms with Gasteiger partial charge in [-0.1, -0.05) is 19.9 Å². The second kappa shape index (κ2) is 12.2. The van der Waals surface area contributed by atoms with Gasteiger partial charge in [-0.05, 0) is 57.0 Å². The normalized spacial score (nSPS) is 15.0. The van der Waals surface area contributed by atoms with Gasteiger partial charge in [0.1, 0.15) is 11.6 Å². The number of carbonyl (C=O) groups is 2. The largest absolute Gasteiger partial charge is 0.493 e. The highest BCUT2D eigenvalue weighted by Gasteiger charge is 2.33. The monoisotopic (exact) mass is 551 g/mol. The zero-order chi connectivity index (χ0) is 29.0. The van der Waals surface area contributed by atoms with Crippen LogP contribution >= 0.6 is 0 Å². The van der Waals surface area contributed by atoms with Crippen LogP contribution in [0.4, 0.5) is 11.5 Å². The molecule has 0 spiro atoms. The van der Waals surface area contributed by atoms with E-state index >= 15 is 0 Å². The molecule has 0 aliphatic carbocycles. The van der Waals surface area contributed by atoms with Gasteiger partial charge in [-0.25, -0.2) is 4.98 Å². The van der Waals surface area contributed by atoms with Gasteiger partial charge in [0.15, 0.2) is 6.23 Å². The molecule has 1 aliphatic heterocycles. The number of anilines is 2. The van der Waals surface area contributed by atoms with Crippen LogP contribution in [0.3, 0.4) is 0 Å². The van der Waals surface area contributed by atoms with Gasteiger partial charge in [0.25, 0.3) is 0 Å². The van der Waals surface area contributed by atoms with Crippen molar-refractivity contribution in [1.82, 2.24) is 14.5 Å². The van der Waals surface area contributed by atoms with Gasteiger partial charge in [-0.3, -0.25) is 9.59 Å². The van der Waals surface area contributed by atoms with E-state index in [0.717, 1.165) is 28.2 Å². The molecule has 1 aromatic carbocycles. The van der Waals surface area contributed by atoms with E-state index in [4.69, 9.17) is 4.74 Å². The number of aliphatic carboxylic acids is 1. The number of benzene rings is 1. The average Bonchev–Trinajstić information content (AvgIpc) is 3.31. The van der Waals surface area contributed by atoms with Crippen LogP contribution in [-0.4, -0.2) is 69.3 Å². The highest BCUT2D eigenvalue weighted by molar-refractivity contribution is 5.88. The van der Waals surface area contributed by atoms with Gasteiger partial charge in [-0.15, -0.1) is 0 Å². The summed E-state index contributed by atoms with van der Waals surface area (Å²) < 4.78 is 8.12. The third kappa shape index (κ3) is 6.50. The summed E-state index contributed by atoms with van der Waals surface area (Å²) in [5, 5.41) is 24.6. The SMILES string of the molecule is CCn1c(C(O)Nc2ccc(N3CCN(C(=O)CC(C)(C)C(=O)O)CC3)nc2)cc2c(OCC(C)C)cccc21. The van der Waals surface area contributed by atoms with Crippen molar-refractivity contribution in [2.75, 3.05) is 43.0 Å². The van der Waals surface area contributed by atoms with Crippen LogP contribution in [-0.2, 0) is 16.1 Å². The van der Waals surface area contributed by atoms with Crippen molar-refractivity contribution in [3.8, 4) is 5.75 Å². The van der Waals surface area contributed by atoms with Gasteiger partial charge in [0, 0.05) is 44.5 Å². The van der Waals surface area contributed by atoms with Crippen molar-refractivity contribution in [2.45, 2.75) is 53.8 Å². The zero-order valence-electron chi connectivity index (χ0n) is 24.1. The van der Waals surface area contributed by atoms with Crippen LogP contribution in [0.1, 0.15) is 53.0 Å². The Morgan fingerprint density at radius 2 is 1.85 bits per heavy atom. The van der Waals surface area contributed by atoms with E-state index in [2.05, 4.69) is 33.6 Å². The van der Waals surface area contributed by atoms with Crippen molar-refractivity contribution < 1.29 is 24.5 Å². The van der Waals surface area contributed by atoms with Crippen molar-refractivity contribution in [3.63, 3.8) is 0 Å². The van der Waals surface area contributed by atoms with Crippen molar-refractivity contribution in [3.05, 3.63) is 48.3 Å². The number of carboxylic acids is 1. The second-order valence-electron chi connectivity index (χ2n) is 11.4. The summed E-state index contributed by atoms with van der Waals surface area (Å²) in [6.45, 7) is 13.0. The minimum Gasteiger partial charge on any atom is -0.493 e. The molecule has 3 aromatic rings. The Morgan fingerprint density at radius 1 is 1.12 bits per heavy atom. The molecule has 1 saturated heterocycles. The second-order valence-corrected chi connectivity index (χ2v) is 11.4. The number of carbonyl (C=O) groups excluding carboxylic acids is 1. The first-order chi connectivity index (χ1) is 19.0. The molecule has 1 amide bonds. The molecule has 216 valence electrons. The van der Waals surface area contributed by atoms with E-state index < -0.39 is 17.6 Å². The highest BCUT2D eigenvalue weighted by Crippen LogP contribution is 2.32. The van der Waals surface area contributed by atoms with E-state index in [1.807, 2.05) is 43.3 Å². The molecule has 1 unspecified atom stereocenters. The first-order valence-corrected chi connectivity index (χ1v) is 13.9. The summed E-state index contributed by atoms with van der Waals surface area (Å²) in [6, 6.07) is 11.7. The number of nitrogens with zero attached hydrogens (tertiary/aromatic N) is 4. The number of rotatable bonds is 11. The number of aromatic nitrogens is 2. The Morgan fingerprint density at radius 3 is 2.45 bits per heavy atom. The summed E-state index contributed by atoms with van der Waals surface area (Å²) in [6.07, 6.45) is 0.733. The van der Waals surface area contributed by atoms with Crippen LogP contribution in [0, 0.1) is 11.3 Å². The molecule has 3 N–H and O–H groups in total. The summed E-state index contributed by atoms with van der Waals surface area (Å²) in [5.41, 5.74) is 1.36. The number of ether oxygens (including phenoxy) is 1. The maximum absolute atomic E-state index is 12.6. The highest BCUT2D eigenvalue weighted by atomic mass is 16.5. The number of aliphatic hydroxyl groups excluding tert-OH is 1. The maximum atomic E-state index is 12.6. The summed E-state index contributed by atoms with van der Waals surface area (Å²) in [7, 11) is 0. The number of pyridine rings is 1. The lowest BCUT2D eigenvalue weighted by Crippen LogP contribution is -2.50. The fraction of sp³-hybridized carbons (Fsp3) is 0.500. The number of aryl methyl sites for hydroxylation is 1. The Hall–Kier alpha value is -3.79. The van der Waals surface area contributed by atoms with E-state index in [1.165, 1.54) is 0 Å². The Balaban J connectivity index is 1.39. The van der Waals surface area contributed by atoms with Crippen molar-refractivity contribution in [1.29, 1.82) is 0 Å². The topological polar surface area (TPSA) is 120 Å². The molecule has 1 atom stereocenters. The molecule has 3 heterocycles. The maximum Gasteiger partial charge on any atom is 0.309 e. The molecule has 1 fully saturated rings. The zero-order valence-corrected chi connectivity index (χ0v) is 24.1. The van der Waals surface area contributed by atoms with E-state index in [9.17, 15) is 19.8 Å². The number of hydrogen-bond donors (Lipinski definition) is 3. The van der Waals surface area contributed by atoms with Crippen LogP contribution in [0.15, 0.2) is 42.6 Å². The van der Waals surface area contributed by atoms with Crippen LogP contribution in [0.5, 0.6) is 5.75 Å². The molecule has 10 heteroatoms. The molecule has 0 radical (unpaired) electrons. The van der Waals surface area contributed by atoms with Crippen LogP contribution < -0.4 is 15.0 Å². The number of fused-ring (bicyclic) bond motifs is 1. The predicted octanol–water partition coefficient (Wildman–Crippen LogP) is 4.34. The van der Waals surface area contributed by atoms with Crippen LogP contribution in [0.2, 0.25) is 0 Å². The molecule has 4 rings (SSSR count). The van der Waals surface area contributed by atoms with Gasteiger partial charge in [-0.2, -0.15) is 0 Å². The van der Waals surface area contributed by atoms with Gasteiger partial charge < -0.3 is 34.6 Å². The number of amides is 1. The average molecular weight is 552 g/mol. The summed E-state index contributed by atoms with van der Waals surface area (Å²) in [5.74, 6) is 0.891. The van der Waals surface area contributed by atoms with Gasteiger partial charge >= 0.3 is 5.97 Å². The quantitative estimate of drug-likeness (QED) is 0.301. The molecular weight excluding hydrogens is 510 g/mol. The summed E-state index contributed by atoms with van der Waals surface area (Å²) in [4.78, 5) is 32.4. The standard InChI is InChI=1S/C30H41N5O5/c1-6-35-23-8-7-9-25(40-19-20(2)3)22(23)16-24(35)28(37)32-21-10-11-26(31-18-21)33-12-14-34(15-13-33)27(36)17-30(4,5)29(38)39/h7-11,16,18,20,28,32,37H,6,12-15,17,19H2,1-5H3,(H,38,39).